The minimum absolute atomic E-state index is 0.367. The number of benzene rings is 2. The molecule has 0 spiro atoms. The van der Waals surface area contributed by atoms with E-state index >= 15 is 0 Å². The van der Waals surface area contributed by atoms with Crippen LogP contribution in [0.1, 0.15) is 30.0 Å². The van der Waals surface area contributed by atoms with E-state index in [1.807, 2.05) is 36.1 Å². The largest absolute Gasteiger partial charge is 0.356 e. The summed E-state index contributed by atoms with van der Waals surface area (Å²) in [7, 11) is 1.83. The number of hydrogen-bond acceptors (Lipinski definition) is 3. The third kappa shape index (κ3) is 5.73. The SMILES string of the molecule is CN=C(NCCc1cnn(-c2ccccc2)c1)NCC(c1ccccc1)N1CCCC1. The summed E-state index contributed by atoms with van der Waals surface area (Å²) >= 11 is 0. The molecule has 1 saturated heterocycles. The van der Waals surface area contributed by atoms with E-state index in [4.69, 9.17) is 0 Å². The van der Waals surface area contributed by atoms with Crippen molar-refractivity contribution in [2.45, 2.75) is 25.3 Å². The second kappa shape index (κ2) is 10.8. The summed E-state index contributed by atoms with van der Waals surface area (Å²) in [6.45, 7) is 3.98. The molecule has 2 aromatic carbocycles. The molecule has 3 aromatic rings. The van der Waals surface area contributed by atoms with E-state index in [2.05, 4.69) is 74.3 Å². The van der Waals surface area contributed by atoms with Crippen molar-refractivity contribution in [3.05, 3.63) is 84.2 Å². The maximum atomic E-state index is 4.48. The monoisotopic (exact) mass is 416 g/mol. The molecule has 162 valence electrons. The van der Waals surface area contributed by atoms with E-state index in [0.29, 0.717) is 6.04 Å². The molecule has 2 heterocycles. The Morgan fingerprint density at radius 1 is 1.00 bits per heavy atom. The topological polar surface area (TPSA) is 57.5 Å². The summed E-state index contributed by atoms with van der Waals surface area (Å²) in [4.78, 5) is 7.00. The molecule has 1 aromatic heterocycles. The molecule has 0 saturated carbocycles. The molecule has 1 fully saturated rings. The van der Waals surface area contributed by atoms with Crippen LogP contribution in [0.2, 0.25) is 0 Å². The first-order chi connectivity index (χ1) is 15.3. The van der Waals surface area contributed by atoms with Crippen molar-refractivity contribution in [1.29, 1.82) is 0 Å². The van der Waals surface area contributed by atoms with Crippen molar-refractivity contribution in [1.82, 2.24) is 25.3 Å². The summed E-state index contributed by atoms with van der Waals surface area (Å²) in [6, 6.07) is 21.3. The van der Waals surface area contributed by atoms with E-state index in [1.54, 1.807) is 0 Å². The zero-order valence-electron chi connectivity index (χ0n) is 18.2. The third-order valence-corrected chi connectivity index (χ3v) is 5.82. The van der Waals surface area contributed by atoms with Crippen LogP contribution in [0.15, 0.2) is 78.0 Å². The molecular formula is C25H32N6. The van der Waals surface area contributed by atoms with Crippen LogP contribution in [0.25, 0.3) is 5.69 Å². The van der Waals surface area contributed by atoms with Gasteiger partial charge in [0, 0.05) is 26.3 Å². The zero-order valence-corrected chi connectivity index (χ0v) is 18.2. The summed E-state index contributed by atoms with van der Waals surface area (Å²) in [5.41, 5.74) is 3.64. The van der Waals surface area contributed by atoms with E-state index in [-0.39, 0.29) is 0 Å². The van der Waals surface area contributed by atoms with Gasteiger partial charge in [-0.25, -0.2) is 4.68 Å². The van der Waals surface area contributed by atoms with E-state index in [1.165, 1.54) is 37.1 Å². The van der Waals surface area contributed by atoms with Gasteiger partial charge >= 0.3 is 0 Å². The van der Waals surface area contributed by atoms with Gasteiger partial charge in [-0.2, -0.15) is 5.10 Å². The molecule has 6 nitrogen and oxygen atoms in total. The molecule has 1 aliphatic heterocycles. The van der Waals surface area contributed by atoms with Crippen molar-refractivity contribution in [3.63, 3.8) is 0 Å². The third-order valence-electron chi connectivity index (χ3n) is 5.82. The van der Waals surface area contributed by atoms with Crippen molar-refractivity contribution in [3.8, 4) is 5.69 Å². The molecule has 2 N–H and O–H groups in total. The molecule has 1 aliphatic rings. The highest BCUT2D eigenvalue weighted by atomic mass is 15.3. The minimum Gasteiger partial charge on any atom is -0.356 e. The van der Waals surface area contributed by atoms with Crippen molar-refractivity contribution < 1.29 is 0 Å². The quantitative estimate of drug-likeness (QED) is 0.436. The van der Waals surface area contributed by atoms with Crippen molar-refractivity contribution >= 4 is 5.96 Å². The number of aromatic nitrogens is 2. The molecule has 0 bridgehead atoms. The maximum absolute atomic E-state index is 4.48. The van der Waals surface area contributed by atoms with Gasteiger partial charge in [-0.15, -0.1) is 0 Å². The van der Waals surface area contributed by atoms with Crippen LogP contribution in [0, 0.1) is 0 Å². The highest BCUT2D eigenvalue weighted by Crippen LogP contribution is 2.24. The van der Waals surface area contributed by atoms with Crippen LogP contribution in [-0.2, 0) is 6.42 Å². The Hall–Kier alpha value is -3.12. The fraction of sp³-hybridized carbons (Fsp3) is 0.360. The lowest BCUT2D eigenvalue weighted by Gasteiger charge is -2.29. The smallest absolute Gasteiger partial charge is 0.191 e. The van der Waals surface area contributed by atoms with Gasteiger partial charge in [0.25, 0.3) is 0 Å². The second-order valence-corrected chi connectivity index (χ2v) is 7.93. The van der Waals surface area contributed by atoms with E-state index in [0.717, 1.165) is 31.2 Å². The predicted octanol–water partition coefficient (Wildman–Crippen LogP) is 3.42. The Bertz CT molecular complexity index is 944. The standard InChI is InChI=1S/C25H32N6/c1-26-25(27-15-14-21-18-29-31(20-21)23-12-6-3-7-13-23)28-19-24(30-16-8-9-17-30)22-10-4-2-5-11-22/h2-7,10-13,18,20,24H,8-9,14-17,19H2,1H3,(H2,26,27,28). The normalized spacial score (nSPS) is 15.7. The van der Waals surface area contributed by atoms with Gasteiger partial charge in [0.15, 0.2) is 5.96 Å². The molecule has 31 heavy (non-hydrogen) atoms. The lowest BCUT2D eigenvalue weighted by atomic mass is 10.1. The number of likely N-dealkylation sites (tertiary alicyclic amines) is 1. The average Bonchev–Trinajstić information content (AvgIpc) is 3.52. The number of hydrogen-bond donors (Lipinski definition) is 2. The molecule has 1 unspecified atom stereocenters. The summed E-state index contributed by atoms with van der Waals surface area (Å²) in [6.07, 6.45) is 7.48. The first-order valence-electron chi connectivity index (χ1n) is 11.2. The van der Waals surface area contributed by atoms with Gasteiger partial charge in [-0.1, -0.05) is 48.5 Å². The van der Waals surface area contributed by atoms with Crippen LogP contribution in [0.3, 0.4) is 0 Å². The second-order valence-electron chi connectivity index (χ2n) is 7.93. The van der Waals surface area contributed by atoms with Crippen LogP contribution in [-0.4, -0.2) is 53.9 Å². The lowest BCUT2D eigenvalue weighted by molar-refractivity contribution is 0.245. The lowest BCUT2D eigenvalue weighted by Crippen LogP contribution is -2.43. The molecule has 0 aliphatic carbocycles. The van der Waals surface area contributed by atoms with E-state index in [9.17, 15) is 0 Å². The molecule has 1 atom stereocenters. The van der Waals surface area contributed by atoms with Crippen molar-refractivity contribution in [2.24, 2.45) is 4.99 Å². The number of para-hydroxylation sites is 1. The Labute approximate surface area is 185 Å². The van der Waals surface area contributed by atoms with Crippen LogP contribution >= 0.6 is 0 Å². The number of nitrogens with one attached hydrogen (secondary N) is 2. The van der Waals surface area contributed by atoms with E-state index < -0.39 is 0 Å². The molecular weight excluding hydrogens is 384 g/mol. The number of rotatable bonds is 8. The van der Waals surface area contributed by atoms with Gasteiger partial charge in [0.05, 0.1) is 17.9 Å². The number of guanidine groups is 1. The minimum atomic E-state index is 0.367. The summed E-state index contributed by atoms with van der Waals surface area (Å²) in [5, 5.41) is 11.5. The van der Waals surface area contributed by atoms with Crippen LogP contribution in [0.4, 0.5) is 0 Å². The molecule has 0 amide bonds. The highest BCUT2D eigenvalue weighted by Gasteiger charge is 2.23. The van der Waals surface area contributed by atoms with Gasteiger partial charge in [0.2, 0.25) is 0 Å². The van der Waals surface area contributed by atoms with Gasteiger partial charge in [-0.3, -0.25) is 9.89 Å². The summed E-state index contributed by atoms with van der Waals surface area (Å²) < 4.78 is 1.92. The highest BCUT2D eigenvalue weighted by molar-refractivity contribution is 5.79. The number of aliphatic imine (C=N–C) groups is 1. The molecule has 0 radical (unpaired) electrons. The van der Waals surface area contributed by atoms with Gasteiger partial charge in [-0.05, 0) is 55.6 Å². The Balaban J connectivity index is 1.29. The Morgan fingerprint density at radius 2 is 1.71 bits per heavy atom. The first kappa shape index (κ1) is 21.1. The predicted molar refractivity (Wildman–Crippen MR) is 127 cm³/mol. The van der Waals surface area contributed by atoms with Crippen LogP contribution < -0.4 is 10.6 Å². The fourth-order valence-corrected chi connectivity index (χ4v) is 4.14. The first-order valence-corrected chi connectivity index (χ1v) is 11.2. The Morgan fingerprint density at radius 3 is 2.42 bits per heavy atom. The van der Waals surface area contributed by atoms with Crippen LogP contribution in [0.5, 0.6) is 0 Å². The van der Waals surface area contributed by atoms with Gasteiger partial charge < -0.3 is 10.6 Å². The Kier molecular flexibility index (Phi) is 7.34. The van der Waals surface area contributed by atoms with Crippen molar-refractivity contribution in [2.75, 3.05) is 33.2 Å². The fourth-order valence-electron chi connectivity index (χ4n) is 4.14. The zero-order chi connectivity index (χ0) is 21.3. The number of nitrogens with zero attached hydrogens (tertiary/aromatic N) is 4. The maximum Gasteiger partial charge on any atom is 0.191 e. The summed E-state index contributed by atoms with van der Waals surface area (Å²) in [5.74, 6) is 0.843. The van der Waals surface area contributed by atoms with Gasteiger partial charge in [0.1, 0.15) is 0 Å². The molecule has 6 heteroatoms. The molecule has 4 rings (SSSR count). The average molecular weight is 417 g/mol.